The summed E-state index contributed by atoms with van der Waals surface area (Å²) in [6.07, 6.45) is -0.462. The van der Waals surface area contributed by atoms with Gasteiger partial charge in [0.15, 0.2) is 17.3 Å². The Hall–Kier alpha value is -2.80. The van der Waals surface area contributed by atoms with Crippen LogP contribution in [0.15, 0.2) is 52.1 Å². The van der Waals surface area contributed by atoms with Crippen molar-refractivity contribution in [2.24, 2.45) is 0 Å². The first-order valence-electron chi connectivity index (χ1n) is 8.55. The molecule has 0 radical (unpaired) electrons. The third kappa shape index (κ3) is 3.83. The normalized spacial score (nSPS) is 15.6. The number of carbonyl (C=O) groups is 1. The van der Waals surface area contributed by atoms with Gasteiger partial charge in [-0.15, -0.1) is 10.2 Å². The summed E-state index contributed by atoms with van der Waals surface area (Å²) < 4.78 is 17.2. The maximum absolute atomic E-state index is 12.5. The van der Waals surface area contributed by atoms with Crippen LogP contribution in [0.5, 0.6) is 11.5 Å². The zero-order chi connectivity index (χ0) is 18.8. The van der Waals surface area contributed by atoms with Crippen LogP contribution < -0.4 is 9.47 Å². The molecule has 0 aliphatic carbocycles. The summed E-state index contributed by atoms with van der Waals surface area (Å²) >= 11 is 1.22. The van der Waals surface area contributed by atoms with E-state index in [1.54, 1.807) is 0 Å². The lowest BCUT2D eigenvalue weighted by Gasteiger charge is -2.23. The van der Waals surface area contributed by atoms with Crippen molar-refractivity contribution in [1.82, 2.24) is 10.2 Å². The molecule has 1 aliphatic heterocycles. The second-order valence-corrected chi connectivity index (χ2v) is 7.23. The molecule has 0 spiro atoms. The van der Waals surface area contributed by atoms with Crippen molar-refractivity contribution in [2.75, 3.05) is 12.4 Å². The molecule has 6 nitrogen and oxygen atoms in total. The summed E-state index contributed by atoms with van der Waals surface area (Å²) in [6, 6.07) is 13.3. The van der Waals surface area contributed by atoms with E-state index in [2.05, 4.69) is 10.2 Å². The van der Waals surface area contributed by atoms with Crippen molar-refractivity contribution < 1.29 is 18.7 Å². The monoisotopic (exact) mass is 382 g/mol. The minimum absolute atomic E-state index is 0.0344. The van der Waals surface area contributed by atoms with Gasteiger partial charge in [-0.3, -0.25) is 4.79 Å². The highest BCUT2D eigenvalue weighted by molar-refractivity contribution is 7.99. The molecule has 2 aromatic carbocycles. The number of hydrogen-bond acceptors (Lipinski definition) is 7. The molecule has 1 atom stereocenters. The highest BCUT2D eigenvalue weighted by Crippen LogP contribution is 2.36. The number of carbonyl (C=O) groups excluding carboxylic acids is 1. The molecular formula is C20H18N2O4S. The number of nitrogens with zero attached hydrogens (tertiary/aromatic N) is 2. The first-order valence-corrected chi connectivity index (χ1v) is 9.54. The van der Waals surface area contributed by atoms with Crippen LogP contribution in [0.1, 0.15) is 33.5 Å². The SMILES string of the molecule is Cc1ccc(C)c(C(=O)CSc2nnc([C@@H]3COc4ccccc4O3)o2)c1. The summed E-state index contributed by atoms with van der Waals surface area (Å²) in [5.41, 5.74) is 2.75. The van der Waals surface area contributed by atoms with Crippen molar-refractivity contribution in [2.45, 2.75) is 25.2 Å². The number of aryl methyl sites for hydroxylation is 2. The molecule has 0 saturated heterocycles. The molecule has 4 rings (SSSR count). The molecule has 138 valence electrons. The van der Waals surface area contributed by atoms with E-state index in [9.17, 15) is 4.79 Å². The molecule has 0 saturated carbocycles. The van der Waals surface area contributed by atoms with E-state index >= 15 is 0 Å². The number of ketones is 1. The zero-order valence-electron chi connectivity index (χ0n) is 15.0. The average molecular weight is 382 g/mol. The van der Waals surface area contributed by atoms with E-state index in [1.165, 1.54) is 11.8 Å². The second-order valence-electron chi connectivity index (χ2n) is 6.30. The quantitative estimate of drug-likeness (QED) is 0.484. The Kier molecular flexibility index (Phi) is 4.85. The predicted octanol–water partition coefficient (Wildman–Crippen LogP) is 4.17. The summed E-state index contributed by atoms with van der Waals surface area (Å²) in [4.78, 5) is 12.5. The van der Waals surface area contributed by atoms with E-state index in [4.69, 9.17) is 13.9 Å². The minimum Gasteiger partial charge on any atom is -0.485 e. The van der Waals surface area contributed by atoms with E-state index in [0.29, 0.717) is 29.2 Å². The summed E-state index contributed by atoms with van der Waals surface area (Å²) in [5.74, 6) is 1.95. The molecular weight excluding hydrogens is 364 g/mol. The molecule has 1 aromatic heterocycles. The van der Waals surface area contributed by atoms with Crippen molar-refractivity contribution >= 4 is 17.5 Å². The first-order chi connectivity index (χ1) is 13.1. The van der Waals surface area contributed by atoms with Gasteiger partial charge in [-0.2, -0.15) is 0 Å². The fourth-order valence-corrected chi connectivity index (χ4v) is 3.44. The third-order valence-corrected chi connectivity index (χ3v) is 5.04. The molecule has 0 N–H and O–H groups in total. The molecule has 2 heterocycles. The lowest BCUT2D eigenvalue weighted by molar-refractivity contribution is 0.0686. The molecule has 0 bridgehead atoms. The van der Waals surface area contributed by atoms with Gasteiger partial charge in [-0.25, -0.2) is 0 Å². The van der Waals surface area contributed by atoms with E-state index in [1.807, 2.05) is 56.3 Å². The molecule has 0 amide bonds. The van der Waals surface area contributed by atoms with Crippen LogP contribution in [0.4, 0.5) is 0 Å². The number of Topliss-reactive ketones (excluding diaryl/α,β-unsaturated/α-hetero) is 1. The molecule has 3 aromatic rings. The van der Waals surface area contributed by atoms with Crippen LogP contribution in [0.2, 0.25) is 0 Å². The van der Waals surface area contributed by atoms with Gasteiger partial charge in [-0.05, 0) is 37.6 Å². The van der Waals surface area contributed by atoms with Crippen LogP contribution in [0.25, 0.3) is 0 Å². The Morgan fingerprint density at radius 2 is 1.96 bits per heavy atom. The largest absolute Gasteiger partial charge is 0.485 e. The maximum Gasteiger partial charge on any atom is 0.277 e. The number of para-hydroxylation sites is 2. The average Bonchev–Trinajstić information content (AvgIpc) is 3.16. The first kappa shape index (κ1) is 17.6. The van der Waals surface area contributed by atoms with Crippen molar-refractivity contribution in [3.8, 4) is 11.5 Å². The third-order valence-electron chi connectivity index (χ3n) is 4.23. The van der Waals surface area contributed by atoms with Crippen LogP contribution in [0.3, 0.4) is 0 Å². The Morgan fingerprint density at radius 1 is 1.15 bits per heavy atom. The Bertz CT molecular complexity index is 986. The zero-order valence-corrected chi connectivity index (χ0v) is 15.8. The molecule has 27 heavy (non-hydrogen) atoms. The standard InChI is InChI=1S/C20H18N2O4S/c1-12-7-8-13(2)14(9-12)15(23)11-27-20-22-21-19(26-20)18-10-24-16-5-3-4-6-17(16)25-18/h3-9,18H,10-11H2,1-2H3/t18-/m0/s1. The summed E-state index contributed by atoms with van der Waals surface area (Å²) in [6.45, 7) is 4.20. The van der Waals surface area contributed by atoms with Gasteiger partial charge in [0.25, 0.3) is 11.1 Å². The lowest BCUT2D eigenvalue weighted by atomic mass is 10.0. The van der Waals surface area contributed by atoms with Crippen molar-refractivity contribution in [3.63, 3.8) is 0 Å². The smallest absolute Gasteiger partial charge is 0.277 e. The van der Waals surface area contributed by atoms with Gasteiger partial charge in [0.1, 0.15) is 6.61 Å². The van der Waals surface area contributed by atoms with Crippen molar-refractivity contribution in [1.29, 1.82) is 0 Å². The van der Waals surface area contributed by atoms with Gasteiger partial charge < -0.3 is 13.9 Å². The number of ether oxygens (including phenoxy) is 2. The molecule has 7 heteroatoms. The number of fused-ring (bicyclic) bond motifs is 1. The number of benzene rings is 2. The van der Waals surface area contributed by atoms with Crippen LogP contribution in [-0.2, 0) is 0 Å². The fraction of sp³-hybridized carbons (Fsp3) is 0.250. The minimum atomic E-state index is -0.462. The van der Waals surface area contributed by atoms with Crippen molar-refractivity contribution in [3.05, 3.63) is 65.0 Å². The predicted molar refractivity (Wildman–Crippen MR) is 101 cm³/mol. The van der Waals surface area contributed by atoms with E-state index in [-0.39, 0.29) is 11.5 Å². The van der Waals surface area contributed by atoms with E-state index in [0.717, 1.165) is 16.7 Å². The number of rotatable bonds is 5. The molecule has 1 aliphatic rings. The molecule has 0 unspecified atom stereocenters. The topological polar surface area (TPSA) is 74.5 Å². The number of aromatic nitrogens is 2. The Balaban J connectivity index is 1.40. The van der Waals surface area contributed by atoms with Crippen LogP contribution >= 0.6 is 11.8 Å². The van der Waals surface area contributed by atoms with Gasteiger partial charge in [0, 0.05) is 5.56 Å². The molecule has 0 fully saturated rings. The van der Waals surface area contributed by atoms with E-state index < -0.39 is 6.10 Å². The van der Waals surface area contributed by atoms with Gasteiger partial charge in [0.05, 0.1) is 5.75 Å². The van der Waals surface area contributed by atoms with Gasteiger partial charge >= 0.3 is 0 Å². The highest BCUT2D eigenvalue weighted by Gasteiger charge is 2.27. The number of hydrogen-bond donors (Lipinski definition) is 0. The summed E-state index contributed by atoms with van der Waals surface area (Å²) in [7, 11) is 0. The van der Waals surface area contributed by atoms with Crippen LogP contribution in [-0.4, -0.2) is 28.3 Å². The Labute approximate surface area is 160 Å². The van der Waals surface area contributed by atoms with Gasteiger partial charge in [0.2, 0.25) is 6.10 Å². The lowest BCUT2D eigenvalue weighted by Crippen LogP contribution is -2.21. The van der Waals surface area contributed by atoms with Crippen LogP contribution in [0, 0.1) is 13.8 Å². The number of thioether (sulfide) groups is 1. The second kappa shape index (κ2) is 7.44. The summed E-state index contributed by atoms with van der Waals surface area (Å²) in [5, 5.41) is 8.39. The maximum atomic E-state index is 12.5. The Morgan fingerprint density at radius 3 is 2.81 bits per heavy atom. The highest BCUT2D eigenvalue weighted by atomic mass is 32.2. The fourth-order valence-electron chi connectivity index (χ4n) is 2.79. The van der Waals surface area contributed by atoms with Gasteiger partial charge in [-0.1, -0.05) is 41.6 Å².